The molecule has 0 aliphatic carbocycles. The summed E-state index contributed by atoms with van der Waals surface area (Å²) in [5.74, 6) is 0.260. The van der Waals surface area contributed by atoms with E-state index < -0.39 is 6.17 Å². The molecule has 0 atom stereocenters. The molecule has 1 amide bonds. The largest absolute Gasteiger partial charge is 0.339 e. The van der Waals surface area contributed by atoms with Gasteiger partial charge in [0.2, 0.25) is 0 Å². The Kier molecular flexibility index (Phi) is 6.64. The van der Waals surface area contributed by atoms with Crippen molar-refractivity contribution in [2.45, 2.75) is 13.1 Å². The molecule has 2 aromatic heterocycles. The summed E-state index contributed by atoms with van der Waals surface area (Å²) >= 11 is 13.6. The molecular weight excluding hydrogens is 479 g/mol. The average Bonchev–Trinajstić information content (AvgIpc) is 3.22. The molecule has 2 aromatic carbocycles. The van der Waals surface area contributed by atoms with Crippen LogP contribution in [0.1, 0.15) is 27.0 Å². The van der Waals surface area contributed by atoms with E-state index in [2.05, 4.69) is 27.3 Å². The smallest absolute Gasteiger partial charge is 0.258 e. The minimum absolute atomic E-state index is 0.330. The van der Waals surface area contributed by atoms with Gasteiger partial charge in [-0.1, -0.05) is 35.3 Å². The van der Waals surface area contributed by atoms with E-state index in [9.17, 15) is 4.79 Å². The molecule has 0 saturated heterocycles. The van der Waals surface area contributed by atoms with E-state index in [4.69, 9.17) is 34.7 Å². The number of amides is 1. The van der Waals surface area contributed by atoms with E-state index in [1.807, 2.05) is 25.1 Å². The number of aryl methyl sites for hydroxylation is 1. The molecule has 0 aliphatic heterocycles. The van der Waals surface area contributed by atoms with Crippen LogP contribution < -0.4 is 22.1 Å². The molecule has 0 aliphatic rings. The number of aliphatic imine (C=N–C) groups is 1. The SMILES string of the molecule is C=Nc1c(C(=O)Nc2c(C)ccc3c(Nc4ccc(Cl)cc4Cl)nccc23)csc1C(N)N. The summed E-state index contributed by atoms with van der Waals surface area (Å²) < 4.78 is 0. The fourth-order valence-corrected chi connectivity index (χ4v) is 4.82. The number of nitrogens with zero attached hydrogens (tertiary/aromatic N) is 2. The van der Waals surface area contributed by atoms with Crippen molar-refractivity contribution in [1.29, 1.82) is 0 Å². The lowest BCUT2D eigenvalue weighted by molar-refractivity contribution is 0.102. The Morgan fingerprint density at radius 3 is 2.67 bits per heavy atom. The number of nitrogens with two attached hydrogens (primary N) is 2. The van der Waals surface area contributed by atoms with Crippen molar-refractivity contribution in [3.63, 3.8) is 0 Å². The third-order valence-corrected chi connectivity index (χ3v) is 6.70. The zero-order valence-electron chi connectivity index (χ0n) is 17.5. The lowest BCUT2D eigenvalue weighted by Gasteiger charge is -2.15. The molecule has 0 unspecified atom stereocenters. The van der Waals surface area contributed by atoms with Gasteiger partial charge in [-0.25, -0.2) is 4.98 Å². The molecule has 0 radical (unpaired) electrons. The lowest BCUT2D eigenvalue weighted by atomic mass is 10.0. The highest BCUT2D eigenvalue weighted by atomic mass is 35.5. The number of fused-ring (bicyclic) bond motifs is 1. The molecule has 4 rings (SSSR count). The van der Waals surface area contributed by atoms with E-state index in [1.54, 1.807) is 29.8 Å². The van der Waals surface area contributed by atoms with Gasteiger partial charge in [0.1, 0.15) is 5.82 Å². The maximum atomic E-state index is 13.1. The number of thiophene rings is 1. The molecule has 0 bridgehead atoms. The number of aromatic nitrogens is 1. The van der Waals surface area contributed by atoms with Crippen LogP contribution in [-0.2, 0) is 0 Å². The zero-order chi connectivity index (χ0) is 23.7. The van der Waals surface area contributed by atoms with Gasteiger partial charge in [-0.2, -0.15) is 0 Å². The minimum atomic E-state index is -0.740. The highest BCUT2D eigenvalue weighted by molar-refractivity contribution is 7.11. The monoisotopic (exact) mass is 498 g/mol. The van der Waals surface area contributed by atoms with Crippen molar-refractivity contribution < 1.29 is 4.79 Å². The number of carbonyl (C=O) groups excluding carboxylic acids is 1. The molecule has 2 heterocycles. The molecule has 0 fully saturated rings. The van der Waals surface area contributed by atoms with Crippen LogP contribution in [0.5, 0.6) is 0 Å². The van der Waals surface area contributed by atoms with E-state index in [0.717, 1.165) is 16.3 Å². The Morgan fingerprint density at radius 1 is 1.18 bits per heavy atom. The van der Waals surface area contributed by atoms with Gasteiger partial charge in [0.25, 0.3) is 5.91 Å². The Labute approximate surface area is 204 Å². The molecule has 0 saturated carbocycles. The molecule has 6 N–H and O–H groups in total. The van der Waals surface area contributed by atoms with Gasteiger partial charge in [-0.05, 0) is 43.5 Å². The highest BCUT2D eigenvalue weighted by Crippen LogP contribution is 2.37. The quantitative estimate of drug-likeness (QED) is 0.187. The topological polar surface area (TPSA) is 118 Å². The summed E-state index contributed by atoms with van der Waals surface area (Å²) in [5.41, 5.74) is 14.5. The van der Waals surface area contributed by atoms with Crippen molar-refractivity contribution in [2.75, 3.05) is 10.6 Å². The molecular formula is C23H20Cl2N6OS. The summed E-state index contributed by atoms with van der Waals surface area (Å²) in [4.78, 5) is 22.2. The number of rotatable bonds is 6. The third-order valence-electron chi connectivity index (χ3n) is 5.07. The van der Waals surface area contributed by atoms with Crippen LogP contribution in [0.25, 0.3) is 10.8 Å². The number of carbonyl (C=O) groups is 1. The summed E-state index contributed by atoms with van der Waals surface area (Å²) in [7, 11) is 0. The van der Waals surface area contributed by atoms with Crippen LogP contribution in [0.2, 0.25) is 10.0 Å². The highest BCUT2D eigenvalue weighted by Gasteiger charge is 2.21. The van der Waals surface area contributed by atoms with Gasteiger partial charge >= 0.3 is 0 Å². The number of benzene rings is 2. The molecule has 7 nitrogen and oxygen atoms in total. The predicted octanol–water partition coefficient (Wildman–Crippen LogP) is 6.16. The maximum Gasteiger partial charge on any atom is 0.258 e. The maximum absolute atomic E-state index is 13.1. The van der Waals surface area contributed by atoms with Crippen LogP contribution in [0.4, 0.5) is 22.9 Å². The van der Waals surface area contributed by atoms with Gasteiger partial charge < -0.3 is 22.1 Å². The fourth-order valence-electron chi connectivity index (χ4n) is 3.46. The van der Waals surface area contributed by atoms with Gasteiger partial charge in [-0.15, -0.1) is 11.3 Å². The normalized spacial score (nSPS) is 11.1. The van der Waals surface area contributed by atoms with Gasteiger partial charge in [0, 0.05) is 27.4 Å². The number of hydrogen-bond acceptors (Lipinski definition) is 7. The Balaban J connectivity index is 1.73. The first-order valence-electron chi connectivity index (χ1n) is 9.81. The van der Waals surface area contributed by atoms with Crippen LogP contribution in [0, 0.1) is 6.92 Å². The average molecular weight is 499 g/mol. The fraction of sp³-hybridized carbons (Fsp3) is 0.0870. The lowest BCUT2D eigenvalue weighted by Crippen LogP contribution is -2.19. The molecule has 33 heavy (non-hydrogen) atoms. The van der Waals surface area contributed by atoms with E-state index in [1.165, 1.54) is 11.3 Å². The third kappa shape index (κ3) is 4.57. The van der Waals surface area contributed by atoms with Crippen molar-refractivity contribution in [2.24, 2.45) is 16.5 Å². The van der Waals surface area contributed by atoms with Gasteiger partial charge in [0.05, 0.1) is 38.7 Å². The summed E-state index contributed by atoms with van der Waals surface area (Å²) in [6.07, 6.45) is 0.923. The van der Waals surface area contributed by atoms with Crippen molar-refractivity contribution in [3.05, 3.63) is 74.0 Å². The van der Waals surface area contributed by atoms with Crippen molar-refractivity contribution in [1.82, 2.24) is 4.98 Å². The molecule has 4 aromatic rings. The minimum Gasteiger partial charge on any atom is -0.339 e. The van der Waals surface area contributed by atoms with Crippen molar-refractivity contribution in [3.8, 4) is 0 Å². The van der Waals surface area contributed by atoms with E-state index >= 15 is 0 Å². The van der Waals surface area contributed by atoms with Gasteiger partial charge in [0.15, 0.2) is 0 Å². The first kappa shape index (κ1) is 23.2. The number of pyridine rings is 1. The summed E-state index contributed by atoms with van der Waals surface area (Å²) in [5, 5.41) is 10.6. The zero-order valence-corrected chi connectivity index (χ0v) is 19.9. The standard InChI is InChI=1S/C23H20Cl2N6OS/c1-11-3-5-14-13(7-8-29-22(14)30-17-6-4-12(24)9-16(17)25)18(11)31-23(32)15-10-33-20(21(26)27)19(15)28-2/h3-10,21H,2,26-27H2,1H3,(H,29,30)(H,31,32). The first-order valence-corrected chi connectivity index (χ1v) is 11.4. The molecule has 0 spiro atoms. The summed E-state index contributed by atoms with van der Waals surface area (Å²) in [6.45, 7) is 5.47. The van der Waals surface area contributed by atoms with Crippen LogP contribution in [0.3, 0.4) is 0 Å². The first-order chi connectivity index (χ1) is 15.8. The number of halogens is 2. The van der Waals surface area contributed by atoms with E-state index in [0.29, 0.717) is 43.4 Å². The number of hydrogen-bond donors (Lipinski definition) is 4. The predicted molar refractivity (Wildman–Crippen MR) is 139 cm³/mol. The Bertz CT molecular complexity index is 1390. The second-order valence-corrected chi connectivity index (χ2v) is 9.02. The van der Waals surface area contributed by atoms with Crippen molar-refractivity contribution >= 4 is 80.8 Å². The second kappa shape index (κ2) is 9.46. The van der Waals surface area contributed by atoms with E-state index in [-0.39, 0.29) is 5.91 Å². The van der Waals surface area contributed by atoms with Gasteiger partial charge in [-0.3, -0.25) is 9.79 Å². The number of nitrogens with one attached hydrogen (secondary N) is 2. The second-order valence-electron chi connectivity index (χ2n) is 7.26. The Morgan fingerprint density at radius 2 is 1.97 bits per heavy atom. The molecule has 168 valence electrons. The van der Waals surface area contributed by atoms with Crippen LogP contribution >= 0.6 is 34.5 Å². The Hall–Kier alpha value is -3.01. The van der Waals surface area contributed by atoms with Crippen LogP contribution in [-0.4, -0.2) is 17.6 Å². The molecule has 10 heteroatoms. The summed E-state index contributed by atoms with van der Waals surface area (Å²) in [6, 6.07) is 10.9. The number of anilines is 3. The van der Waals surface area contributed by atoms with Crippen LogP contribution in [0.15, 0.2) is 53.0 Å².